The third-order valence-corrected chi connectivity index (χ3v) is 5.24. The Balaban J connectivity index is 1.73. The highest BCUT2D eigenvalue weighted by atomic mass is 35.5. The number of urea groups is 1. The number of imide groups is 1. The lowest BCUT2D eigenvalue weighted by atomic mass is 10.3. The normalized spacial score (nSPS) is 10.9. The third-order valence-electron chi connectivity index (χ3n) is 3.83. The molecule has 8 nitrogen and oxygen atoms in total. The molecule has 0 unspecified atom stereocenters. The number of benzene rings is 1. The van der Waals surface area contributed by atoms with Crippen molar-refractivity contribution in [3.8, 4) is 5.69 Å². The molecule has 0 saturated carbocycles. The summed E-state index contributed by atoms with van der Waals surface area (Å²) in [5.41, 5.74) is 1.43. The number of aromatic nitrogens is 2. The van der Waals surface area contributed by atoms with Crippen LogP contribution < -0.4 is 10.6 Å². The summed E-state index contributed by atoms with van der Waals surface area (Å²) in [5, 5.41) is 10.4. The molecule has 1 aromatic carbocycles. The highest BCUT2D eigenvalue weighted by molar-refractivity contribution is 7.20. The third kappa shape index (κ3) is 4.75. The van der Waals surface area contributed by atoms with Crippen LogP contribution in [0.4, 0.5) is 4.79 Å². The van der Waals surface area contributed by atoms with Crippen LogP contribution in [0.15, 0.2) is 30.3 Å². The van der Waals surface area contributed by atoms with E-state index in [1.165, 1.54) is 11.3 Å². The van der Waals surface area contributed by atoms with Crippen molar-refractivity contribution in [2.24, 2.45) is 0 Å². The number of carbonyl (C=O) groups is 3. The van der Waals surface area contributed by atoms with Crippen LogP contribution in [0.3, 0.4) is 0 Å². The van der Waals surface area contributed by atoms with Crippen molar-refractivity contribution in [2.45, 2.75) is 26.8 Å². The summed E-state index contributed by atoms with van der Waals surface area (Å²) in [6.07, 6.45) is 0. The van der Waals surface area contributed by atoms with Crippen LogP contribution >= 0.6 is 22.9 Å². The van der Waals surface area contributed by atoms with Gasteiger partial charge in [0.1, 0.15) is 9.71 Å². The summed E-state index contributed by atoms with van der Waals surface area (Å²) in [6, 6.07) is 8.17. The number of para-hydroxylation sites is 1. The van der Waals surface area contributed by atoms with Crippen molar-refractivity contribution in [2.75, 3.05) is 6.61 Å². The number of ether oxygens (including phenoxy) is 1. The molecular formula is C19H19ClN4O4S. The molecule has 0 radical (unpaired) electrons. The first kappa shape index (κ1) is 20.8. The fourth-order valence-electron chi connectivity index (χ4n) is 2.60. The van der Waals surface area contributed by atoms with E-state index in [0.717, 1.165) is 15.9 Å². The first-order valence-corrected chi connectivity index (χ1v) is 9.97. The Labute approximate surface area is 175 Å². The van der Waals surface area contributed by atoms with E-state index in [9.17, 15) is 14.4 Å². The van der Waals surface area contributed by atoms with Crippen LogP contribution in [0.25, 0.3) is 15.9 Å². The van der Waals surface area contributed by atoms with Gasteiger partial charge in [-0.15, -0.1) is 11.3 Å². The minimum atomic E-state index is -0.712. The molecule has 29 heavy (non-hydrogen) atoms. The molecule has 0 spiro atoms. The van der Waals surface area contributed by atoms with Crippen molar-refractivity contribution in [1.29, 1.82) is 0 Å². The highest BCUT2D eigenvalue weighted by Gasteiger charge is 2.20. The fourth-order valence-corrected chi connectivity index (χ4v) is 3.88. The number of nitrogens with zero attached hydrogens (tertiary/aromatic N) is 2. The zero-order valence-electron chi connectivity index (χ0n) is 16.0. The molecule has 2 heterocycles. The molecule has 0 atom stereocenters. The Morgan fingerprint density at radius 3 is 2.69 bits per heavy atom. The number of rotatable bonds is 5. The number of thiophene rings is 1. The number of nitrogens with one attached hydrogen (secondary N) is 2. The minimum Gasteiger partial charge on any atom is -0.451 e. The quantitative estimate of drug-likeness (QED) is 0.599. The molecule has 3 rings (SSSR count). The summed E-state index contributed by atoms with van der Waals surface area (Å²) < 4.78 is 6.71. The number of hydrogen-bond acceptors (Lipinski definition) is 6. The van der Waals surface area contributed by atoms with Crippen LogP contribution in [0.2, 0.25) is 5.02 Å². The molecule has 2 aromatic heterocycles. The Kier molecular flexibility index (Phi) is 6.19. The molecule has 3 amide bonds. The summed E-state index contributed by atoms with van der Waals surface area (Å²) in [7, 11) is 0. The van der Waals surface area contributed by atoms with Gasteiger partial charge in [-0.3, -0.25) is 10.1 Å². The number of halogens is 1. The van der Waals surface area contributed by atoms with Gasteiger partial charge in [0.2, 0.25) is 0 Å². The van der Waals surface area contributed by atoms with Crippen molar-refractivity contribution in [3.63, 3.8) is 0 Å². The summed E-state index contributed by atoms with van der Waals surface area (Å²) in [6.45, 7) is 4.79. The lowest BCUT2D eigenvalue weighted by Gasteiger charge is -2.09. The molecule has 0 aliphatic heterocycles. The van der Waals surface area contributed by atoms with E-state index in [2.05, 4.69) is 15.7 Å². The summed E-state index contributed by atoms with van der Waals surface area (Å²) >= 11 is 7.46. The van der Waals surface area contributed by atoms with E-state index < -0.39 is 24.5 Å². The van der Waals surface area contributed by atoms with Gasteiger partial charge in [-0.05, 0) is 39.0 Å². The van der Waals surface area contributed by atoms with Gasteiger partial charge < -0.3 is 10.1 Å². The SMILES string of the molecule is Cc1nn(-c2ccccc2Cl)c2sc(C(=O)OCC(=O)NC(=O)NC(C)C)cc12. The van der Waals surface area contributed by atoms with Crippen LogP contribution in [-0.4, -0.2) is 40.3 Å². The second-order valence-corrected chi connectivity index (χ2v) is 7.97. The lowest BCUT2D eigenvalue weighted by Crippen LogP contribution is -2.44. The molecule has 0 saturated heterocycles. The average Bonchev–Trinajstić information content (AvgIpc) is 3.20. The average molecular weight is 435 g/mol. The first-order valence-electron chi connectivity index (χ1n) is 8.77. The van der Waals surface area contributed by atoms with Crippen molar-refractivity contribution in [1.82, 2.24) is 20.4 Å². The van der Waals surface area contributed by atoms with Crippen molar-refractivity contribution < 1.29 is 19.1 Å². The standard InChI is InChI=1S/C19H19ClN4O4S/c1-10(2)21-19(27)22-16(25)9-28-18(26)15-8-12-11(3)23-24(17(12)29-15)14-7-5-4-6-13(14)20/h4-8,10H,9H2,1-3H3,(H2,21,22,25,27). The molecule has 152 valence electrons. The number of carbonyl (C=O) groups excluding carboxylic acids is 3. The molecule has 0 bridgehead atoms. The monoisotopic (exact) mass is 434 g/mol. The van der Waals surface area contributed by atoms with E-state index in [4.69, 9.17) is 16.3 Å². The first-order chi connectivity index (χ1) is 13.8. The van der Waals surface area contributed by atoms with Crippen LogP contribution in [0.5, 0.6) is 0 Å². The molecule has 0 aliphatic rings. The number of aryl methyl sites for hydroxylation is 1. The van der Waals surface area contributed by atoms with Gasteiger partial charge in [-0.1, -0.05) is 23.7 Å². The van der Waals surface area contributed by atoms with E-state index in [1.807, 2.05) is 25.1 Å². The molecule has 0 fully saturated rings. The van der Waals surface area contributed by atoms with Gasteiger partial charge in [0, 0.05) is 11.4 Å². The van der Waals surface area contributed by atoms with Crippen molar-refractivity contribution >= 4 is 51.1 Å². The minimum absolute atomic E-state index is 0.121. The smallest absolute Gasteiger partial charge is 0.348 e. The fraction of sp³-hybridized carbons (Fsp3) is 0.263. The Morgan fingerprint density at radius 2 is 2.00 bits per heavy atom. The van der Waals surface area contributed by atoms with Gasteiger partial charge >= 0.3 is 12.0 Å². The van der Waals surface area contributed by atoms with E-state index in [1.54, 1.807) is 30.7 Å². The predicted molar refractivity (Wildman–Crippen MR) is 111 cm³/mol. The van der Waals surface area contributed by atoms with Crippen molar-refractivity contribution in [3.05, 3.63) is 45.9 Å². The Morgan fingerprint density at radius 1 is 1.28 bits per heavy atom. The maximum atomic E-state index is 12.4. The van der Waals surface area contributed by atoms with E-state index in [-0.39, 0.29) is 6.04 Å². The van der Waals surface area contributed by atoms with Gasteiger partial charge in [-0.2, -0.15) is 5.10 Å². The molecular weight excluding hydrogens is 416 g/mol. The van der Waals surface area contributed by atoms with E-state index in [0.29, 0.717) is 15.6 Å². The molecule has 0 aliphatic carbocycles. The Hall–Kier alpha value is -2.91. The lowest BCUT2D eigenvalue weighted by molar-refractivity contribution is -0.123. The number of esters is 1. The summed E-state index contributed by atoms with van der Waals surface area (Å²) in [4.78, 5) is 36.7. The second kappa shape index (κ2) is 8.62. The topological polar surface area (TPSA) is 102 Å². The maximum absolute atomic E-state index is 12.4. The largest absolute Gasteiger partial charge is 0.451 e. The van der Waals surface area contributed by atoms with Gasteiger partial charge in [0.05, 0.1) is 16.4 Å². The van der Waals surface area contributed by atoms with Gasteiger partial charge in [-0.25, -0.2) is 14.3 Å². The maximum Gasteiger partial charge on any atom is 0.348 e. The summed E-state index contributed by atoms with van der Waals surface area (Å²) in [5.74, 6) is -1.37. The molecule has 3 aromatic rings. The second-order valence-electron chi connectivity index (χ2n) is 6.53. The van der Waals surface area contributed by atoms with Gasteiger partial charge in [0.15, 0.2) is 6.61 Å². The molecule has 10 heteroatoms. The highest BCUT2D eigenvalue weighted by Crippen LogP contribution is 2.32. The number of hydrogen-bond donors (Lipinski definition) is 2. The predicted octanol–water partition coefficient (Wildman–Crippen LogP) is 3.44. The zero-order valence-corrected chi connectivity index (χ0v) is 17.6. The van der Waals surface area contributed by atoms with Crippen LogP contribution in [0.1, 0.15) is 29.2 Å². The van der Waals surface area contributed by atoms with Crippen LogP contribution in [0, 0.1) is 6.92 Å². The Bertz CT molecular complexity index is 1090. The van der Waals surface area contributed by atoms with Crippen LogP contribution in [-0.2, 0) is 9.53 Å². The van der Waals surface area contributed by atoms with E-state index >= 15 is 0 Å². The van der Waals surface area contributed by atoms with Gasteiger partial charge in [0.25, 0.3) is 5.91 Å². The number of fused-ring (bicyclic) bond motifs is 1. The zero-order chi connectivity index (χ0) is 21.1. The molecule has 2 N–H and O–H groups in total. The number of amides is 3.